The monoisotopic (exact) mass is 938 g/mol. The van der Waals surface area contributed by atoms with Gasteiger partial charge in [0.05, 0.1) is 20.8 Å². The summed E-state index contributed by atoms with van der Waals surface area (Å²) < 4.78 is 13.3. The summed E-state index contributed by atoms with van der Waals surface area (Å²) in [6, 6.07) is 61.4. The molecule has 0 radical (unpaired) electrons. The Kier molecular flexibility index (Phi) is 10.1. The highest BCUT2D eigenvalue weighted by Crippen LogP contribution is 2.58. The molecule has 11 aromatic rings. The van der Waals surface area contributed by atoms with E-state index in [4.69, 9.17) is 19.4 Å². The van der Waals surface area contributed by atoms with Crippen molar-refractivity contribution >= 4 is 54.9 Å². The van der Waals surface area contributed by atoms with Gasteiger partial charge in [0.25, 0.3) is 0 Å². The van der Waals surface area contributed by atoms with Gasteiger partial charge >= 0.3 is 0 Å². The Morgan fingerprint density at radius 3 is 1.18 bits per heavy atom. The van der Waals surface area contributed by atoms with Gasteiger partial charge in [-0.05, 0) is 140 Å². The molecular weight excluding hydrogens is 885 g/mol. The lowest BCUT2D eigenvalue weighted by Gasteiger charge is -2.21. The Morgan fingerprint density at radius 1 is 0.380 bits per heavy atom. The number of aromatic nitrogens is 2. The smallest absolute Gasteiger partial charge is 0.128 e. The maximum absolute atomic E-state index is 6.64. The Hall–Kier alpha value is -7.60. The van der Waals surface area contributed by atoms with Gasteiger partial charge in [0.1, 0.15) is 34.0 Å². The molecule has 0 unspecified atom stereocenters. The highest BCUT2D eigenvalue weighted by molar-refractivity contribution is 7.21. The van der Waals surface area contributed by atoms with Crippen molar-refractivity contribution in [2.24, 2.45) is 0 Å². The molecule has 71 heavy (non-hydrogen) atoms. The lowest BCUT2D eigenvalue weighted by molar-refractivity contribution is 0.482. The van der Waals surface area contributed by atoms with Crippen LogP contribution in [0.25, 0.3) is 86.7 Å². The van der Waals surface area contributed by atoms with Crippen molar-refractivity contribution in [1.82, 2.24) is 9.97 Å². The highest BCUT2D eigenvalue weighted by Gasteiger charge is 2.39. The van der Waals surface area contributed by atoms with Gasteiger partial charge in [0, 0.05) is 32.7 Å². The number of nitrogens with zero attached hydrogens (tertiary/aromatic N) is 2. The van der Waals surface area contributed by atoms with Gasteiger partial charge in [-0.3, -0.25) is 0 Å². The first kappa shape index (κ1) is 43.4. The summed E-state index contributed by atoms with van der Waals surface area (Å²) >= 11 is 1.83. The summed E-state index contributed by atoms with van der Waals surface area (Å²) in [5.74, 6) is 3.13. The van der Waals surface area contributed by atoms with Gasteiger partial charge in [-0.2, -0.15) is 0 Å². The highest BCUT2D eigenvalue weighted by atomic mass is 32.1. The fourth-order valence-corrected chi connectivity index (χ4v) is 13.2. The first-order valence-electron chi connectivity index (χ1n) is 25.3. The molecule has 0 fully saturated rings. The molecule has 0 aliphatic heterocycles. The number of hydrogen-bond donors (Lipinski definition) is 0. The molecular formula is C66H54N2O2S. The SMILES string of the molecule is CCCc1ccc(Oc2ccc3c(c2)c2cc(Oc4ccc(CCC)cc4)ccc2c2nc4c(-c5cccc6c5-c5ccccc5C6(C)C)sc(-c5cccc6c5-c5ccccc5C6(C)C)c4nc32)cc1. The van der Waals surface area contributed by atoms with Gasteiger partial charge in [0.2, 0.25) is 0 Å². The van der Waals surface area contributed by atoms with Crippen molar-refractivity contribution in [3.05, 3.63) is 203 Å². The molecule has 0 saturated heterocycles. The van der Waals surface area contributed by atoms with Crippen LogP contribution < -0.4 is 9.47 Å². The largest absolute Gasteiger partial charge is 0.457 e. The maximum Gasteiger partial charge on any atom is 0.128 e. The van der Waals surface area contributed by atoms with Gasteiger partial charge in [-0.25, -0.2) is 9.97 Å². The number of rotatable bonds is 10. The molecule has 2 aliphatic carbocycles. The molecule has 346 valence electrons. The van der Waals surface area contributed by atoms with E-state index >= 15 is 0 Å². The Balaban J connectivity index is 1.09. The van der Waals surface area contributed by atoms with Crippen LogP contribution >= 0.6 is 11.3 Å². The van der Waals surface area contributed by atoms with E-state index in [0.29, 0.717) is 0 Å². The minimum atomic E-state index is -0.154. The second-order valence-electron chi connectivity index (χ2n) is 20.6. The summed E-state index contributed by atoms with van der Waals surface area (Å²) in [6.45, 7) is 13.8. The van der Waals surface area contributed by atoms with Crippen molar-refractivity contribution < 1.29 is 9.47 Å². The predicted molar refractivity (Wildman–Crippen MR) is 297 cm³/mol. The topological polar surface area (TPSA) is 44.2 Å². The fourth-order valence-electron chi connectivity index (χ4n) is 11.9. The van der Waals surface area contributed by atoms with Crippen LogP contribution in [0.4, 0.5) is 0 Å². The summed E-state index contributed by atoms with van der Waals surface area (Å²) in [6.07, 6.45) is 4.29. The third-order valence-corrected chi connectivity index (χ3v) is 16.6. The zero-order chi connectivity index (χ0) is 48.2. The summed E-state index contributed by atoms with van der Waals surface area (Å²) in [4.78, 5) is 14.0. The van der Waals surface area contributed by atoms with E-state index in [1.807, 2.05) is 11.3 Å². The average Bonchev–Trinajstić information content (AvgIpc) is 3.97. The van der Waals surface area contributed by atoms with Crippen LogP contribution in [-0.2, 0) is 23.7 Å². The number of hydrogen-bond acceptors (Lipinski definition) is 5. The molecule has 2 aromatic heterocycles. The zero-order valence-electron chi connectivity index (χ0n) is 41.1. The number of thiophene rings is 1. The molecule has 0 atom stereocenters. The van der Waals surface area contributed by atoms with Crippen LogP contribution in [0.3, 0.4) is 0 Å². The van der Waals surface area contributed by atoms with Crippen molar-refractivity contribution in [3.63, 3.8) is 0 Å². The molecule has 0 spiro atoms. The Morgan fingerprint density at radius 2 is 0.761 bits per heavy atom. The van der Waals surface area contributed by atoms with E-state index in [2.05, 4.69) is 211 Å². The number of aryl methyl sites for hydroxylation is 2. The van der Waals surface area contributed by atoms with Gasteiger partial charge in [0.15, 0.2) is 0 Å². The van der Waals surface area contributed by atoms with Crippen LogP contribution in [0.5, 0.6) is 23.0 Å². The second-order valence-corrected chi connectivity index (χ2v) is 21.6. The molecule has 2 aliphatic rings. The second kappa shape index (κ2) is 16.5. The molecule has 13 rings (SSSR count). The predicted octanol–water partition coefficient (Wildman–Crippen LogP) is 18.6. The number of ether oxygens (including phenoxy) is 2. The molecule has 9 aromatic carbocycles. The normalized spacial score (nSPS) is 13.9. The van der Waals surface area contributed by atoms with Crippen LogP contribution in [0.15, 0.2) is 170 Å². The van der Waals surface area contributed by atoms with Crippen LogP contribution in [0.2, 0.25) is 0 Å². The average molecular weight is 939 g/mol. The van der Waals surface area contributed by atoms with Crippen LogP contribution in [-0.4, -0.2) is 9.97 Å². The van der Waals surface area contributed by atoms with E-state index in [9.17, 15) is 0 Å². The number of benzene rings is 9. The minimum Gasteiger partial charge on any atom is -0.457 e. The first-order chi connectivity index (χ1) is 34.6. The molecule has 0 N–H and O–H groups in total. The zero-order valence-corrected chi connectivity index (χ0v) is 41.9. The van der Waals surface area contributed by atoms with E-state index in [0.717, 1.165) is 102 Å². The molecule has 5 heteroatoms. The first-order valence-corrected chi connectivity index (χ1v) is 26.1. The van der Waals surface area contributed by atoms with E-state index in [1.165, 1.54) is 66.8 Å². The van der Waals surface area contributed by atoms with Gasteiger partial charge < -0.3 is 9.47 Å². The summed E-state index contributed by atoms with van der Waals surface area (Å²) in [5.41, 5.74) is 18.8. The van der Waals surface area contributed by atoms with Crippen LogP contribution in [0, 0.1) is 0 Å². The maximum atomic E-state index is 6.64. The van der Waals surface area contributed by atoms with Gasteiger partial charge in [-0.1, -0.05) is 164 Å². The molecule has 2 heterocycles. The third-order valence-electron chi connectivity index (χ3n) is 15.4. The summed E-state index contributed by atoms with van der Waals surface area (Å²) in [7, 11) is 0. The van der Waals surface area contributed by atoms with E-state index < -0.39 is 0 Å². The Labute approximate surface area is 419 Å². The molecule has 4 nitrogen and oxygen atoms in total. The van der Waals surface area contributed by atoms with Crippen molar-refractivity contribution in [2.75, 3.05) is 0 Å². The third kappa shape index (κ3) is 6.84. The quantitative estimate of drug-likeness (QED) is 0.128. The lowest BCUT2D eigenvalue weighted by Crippen LogP contribution is -2.14. The van der Waals surface area contributed by atoms with Crippen LogP contribution in [0.1, 0.15) is 87.8 Å². The van der Waals surface area contributed by atoms with Crippen molar-refractivity contribution in [1.29, 1.82) is 0 Å². The van der Waals surface area contributed by atoms with E-state index in [-0.39, 0.29) is 10.8 Å². The van der Waals surface area contributed by atoms with E-state index in [1.54, 1.807) is 0 Å². The van der Waals surface area contributed by atoms with Crippen molar-refractivity contribution in [2.45, 2.75) is 78.1 Å². The lowest BCUT2D eigenvalue weighted by atomic mass is 9.82. The fraction of sp³-hybridized carbons (Fsp3) is 0.182. The summed E-state index contributed by atoms with van der Waals surface area (Å²) in [5, 5.41) is 4.07. The van der Waals surface area contributed by atoms with Gasteiger partial charge in [-0.15, -0.1) is 11.3 Å². The standard InChI is InChI=1S/C66H54N2O2S/c1-7-15-39-25-29-41(30-26-39)69-43-33-35-45-51(37-43)52-38-44(70-42-31-27-40(16-8-2)28-32-42)34-36-46(52)60-59(45)67-61-62(68-60)64(50-20-14-24-56-58(50)48-18-10-12-22-54(48)66(56,5)6)71-63(61)49-19-13-23-55-57(49)47-17-9-11-21-53(47)65(55,3)4/h9-14,17-38H,7-8,15-16H2,1-6H3. The number of fused-ring (bicyclic) bond motifs is 13. The Bertz CT molecular complexity index is 3700. The van der Waals surface area contributed by atoms with Crippen molar-refractivity contribution in [3.8, 4) is 66.1 Å². The molecule has 0 bridgehead atoms. The molecule has 0 amide bonds. The minimum absolute atomic E-state index is 0.154. The molecule has 0 saturated carbocycles.